The van der Waals surface area contributed by atoms with Gasteiger partial charge in [0.15, 0.2) is 23.0 Å². The van der Waals surface area contributed by atoms with Crippen LogP contribution in [-0.4, -0.2) is 76.6 Å². The molecule has 0 radical (unpaired) electrons. The van der Waals surface area contributed by atoms with Gasteiger partial charge in [0.05, 0.1) is 45.4 Å². The summed E-state index contributed by atoms with van der Waals surface area (Å²) in [5, 5.41) is 9.61. The second kappa shape index (κ2) is 15.7. The number of hydrogen-bond donors (Lipinski definition) is 1. The summed E-state index contributed by atoms with van der Waals surface area (Å²) in [5.41, 5.74) is 0.964. The minimum atomic E-state index is -1.25. The lowest BCUT2D eigenvalue weighted by Gasteiger charge is -2.10. The Bertz CT molecular complexity index is 1550. The maximum atomic E-state index is 11.8. The molecule has 0 aliphatic heterocycles. The molecule has 0 aliphatic rings. The Hall–Kier alpha value is -6.45. The van der Waals surface area contributed by atoms with Gasteiger partial charge < -0.3 is 43.0 Å². The Balaban J connectivity index is 1.93. The number of aliphatic imine (C=N–C) groups is 2. The molecule has 0 aromatic heterocycles. The molecule has 3 aromatic rings. The molecule has 45 heavy (non-hydrogen) atoms. The van der Waals surface area contributed by atoms with Crippen molar-refractivity contribution in [1.29, 1.82) is 0 Å². The van der Waals surface area contributed by atoms with Crippen LogP contribution < -0.4 is 18.9 Å². The highest BCUT2D eigenvalue weighted by Gasteiger charge is 2.17. The van der Waals surface area contributed by atoms with Crippen molar-refractivity contribution in [1.82, 2.24) is 0 Å². The van der Waals surface area contributed by atoms with Crippen molar-refractivity contribution in [2.75, 3.05) is 28.4 Å². The summed E-state index contributed by atoms with van der Waals surface area (Å²) in [6, 6.07) is 12.3. The number of ether oxygens (including phenoxy) is 8. The van der Waals surface area contributed by atoms with Gasteiger partial charge in [0, 0.05) is 12.4 Å². The largest absolute Gasteiger partial charge is 0.513 e. The van der Waals surface area contributed by atoms with E-state index in [-0.39, 0.29) is 39.9 Å². The standard InChI is InChI=1S/C29H24N2O14/c1-38-26(34)42-21-7-5-16(9-23(21)44-28(36)40-3)14-30-19-11-18(25(32)33)12-20(13-19)31-15-17-6-8-22(43-27(35)39-2)24(10-17)45-29(37)41-4/h5-15H,1-4H3,(H,32,33). The summed E-state index contributed by atoms with van der Waals surface area (Å²) in [5.74, 6) is -1.89. The van der Waals surface area contributed by atoms with E-state index in [9.17, 15) is 29.1 Å². The van der Waals surface area contributed by atoms with Crippen LogP contribution in [0.3, 0.4) is 0 Å². The Kier molecular flexibility index (Phi) is 11.5. The molecular weight excluding hydrogens is 600 g/mol. The van der Waals surface area contributed by atoms with Crippen LogP contribution in [0.4, 0.5) is 30.6 Å². The normalized spacial score (nSPS) is 10.6. The lowest BCUT2D eigenvalue weighted by atomic mass is 10.1. The average Bonchev–Trinajstić information content (AvgIpc) is 3.04. The predicted octanol–water partition coefficient (Wildman–Crippen LogP) is 5.47. The highest BCUT2D eigenvalue weighted by Crippen LogP contribution is 2.31. The predicted molar refractivity (Wildman–Crippen MR) is 153 cm³/mol. The van der Waals surface area contributed by atoms with Crippen molar-refractivity contribution in [2.45, 2.75) is 0 Å². The molecule has 0 saturated heterocycles. The Morgan fingerprint density at radius 2 is 0.889 bits per heavy atom. The first-order chi connectivity index (χ1) is 21.5. The van der Waals surface area contributed by atoms with Gasteiger partial charge in [0.1, 0.15) is 0 Å². The Labute approximate surface area is 254 Å². The first-order valence-electron chi connectivity index (χ1n) is 12.3. The number of nitrogens with zero attached hydrogens (tertiary/aromatic N) is 2. The molecule has 0 heterocycles. The van der Waals surface area contributed by atoms with Gasteiger partial charge in [-0.05, 0) is 65.7 Å². The molecule has 0 saturated carbocycles. The van der Waals surface area contributed by atoms with Crippen LogP contribution in [0.5, 0.6) is 23.0 Å². The van der Waals surface area contributed by atoms with Crippen LogP contribution in [-0.2, 0) is 18.9 Å². The first-order valence-corrected chi connectivity index (χ1v) is 12.3. The summed E-state index contributed by atoms with van der Waals surface area (Å²) < 4.78 is 37.8. The average molecular weight is 625 g/mol. The first kappa shape index (κ1) is 33.1. The van der Waals surface area contributed by atoms with Crippen LogP contribution in [0, 0.1) is 0 Å². The number of carboxylic acids is 1. The number of methoxy groups -OCH3 is 4. The maximum absolute atomic E-state index is 11.8. The smallest absolute Gasteiger partial charge is 0.478 e. The van der Waals surface area contributed by atoms with Crippen LogP contribution in [0.1, 0.15) is 21.5 Å². The molecule has 0 atom stereocenters. The van der Waals surface area contributed by atoms with Crippen molar-refractivity contribution in [3.05, 3.63) is 71.3 Å². The maximum Gasteiger partial charge on any atom is 0.513 e. The summed E-state index contributed by atoms with van der Waals surface area (Å²) in [4.78, 5) is 66.7. The third kappa shape index (κ3) is 9.81. The molecule has 16 nitrogen and oxygen atoms in total. The van der Waals surface area contributed by atoms with Gasteiger partial charge in [-0.25, -0.2) is 24.0 Å². The molecule has 0 amide bonds. The zero-order chi connectivity index (χ0) is 32.9. The van der Waals surface area contributed by atoms with Gasteiger partial charge in [-0.3, -0.25) is 9.98 Å². The van der Waals surface area contributed by atoms with Crippen molar-refractivity contribution in [2.24, 2.45) is 9.98 Å². The van der Waals surface area contributed by atoms with E-state index >= 15 is 0 Å². The molecule has 16 heteroatoms. The molecule has 0 aliphatic carbocycles. The summed E-state index contributed by atoms with van der Waals surface area (Å²) in [7, 11) is 4.38. The second-order valence-electron chi connectivity index (χ2n) is 8.20. The number of carbonyl (C=O) groups is 5. The van der Waals surface area contributed by atoms with Gasteiger partial charge in [0.2, 0.25) is 0 Å². The molecule has 3 rings (SSSR count). The minimum absolute atomic E-state index is 0.134. The zero-order valence-corrected chi connectivity index (χ0v) is 24.0. The number of hydrogen-bond acceptors (Lipinski definition) is 15. The fourth-order valence-electron chi connectivity index (χ4n) is 3.23. The van der Waals surface area contributed by atoms with Crippen molar-refractivity contribution >= 4 is 54.4 Å². The van der Waals surface area contributed by atoms with Gasteiger partial charge in [0.25, 0.3) is 0 Å². The van der Waals surface area contributed by atoms with Crippen LogP contribution in [0.2, 0.25) is 0 Å². The molecule has 0 bridgehead atoms. The third-order valence-corrected chi connectivity index (χ3v) is 5.25. The second-order valence-corrected chi connectivity index (χ2v) is 8.20. The van der Waals surface area contributed by atoms with Gasteiger partial charge in [-0.2, -0.15) is 0 Å². The summed E-state index contributed by atoms with van der Waals surface area (Å²) in [6.07, 6.45) is -1.60. The third-order valence-electron chi connectivity index (χ3n) is 5.25. The molecule has 0 unspecified atom stereocenters. The number of benzene rings is 3. The fraction of sp³-hybridized carbons (Fsp3) is 0.138. The van der Waals surface area contributed by atoms with Crippen LogP contribution in [0.25, 0.3) is 0 Å². The SMILES string of the molecule is COC(=O)Oc1ccc(C=Nc2cc(N=Cc3ccc(OC(=O)OC)c(OC(=O)OC)c3)cc(C(=O)O)c2)cc1OC(=O)OC. The van der Waals surface area contributed by atoms with E-state index in [4.69, 9.17) is 18.9 Å². The van der Waals surface area contributed by atoms with Crippen LogP contribution in [0.15, 0.2) is 64.6 Å². The lowest BCUT2D eigenvalue weighted by Crippen LogP contribution is -2.12. The van der Waals surface area contributed by atoms with E-state index in [1.165, 1.54) is 67.0 Å². The number of carboxylic acid groups (broad SMARTS) is 1. The molecule has 0 fully saturated rings. The number of rotatable bonds is 9. The number of aromatic carboxylic acids is 1. The Morgan fingerprint density at radius 3 is 1.22 bits per heavy atom. The summed E-state index contributed by atoms with van der Waals surface area (Å²) in [6.45, 7) is 0. The van der Waals surface area contributed by atoms with E-state index in [0.717, 1.165) is 28.4 Å². The molecular formula is C29H24N2O14. The van der Waals surface area contributed by atoms with E-state index in [0.29, 0.717) is 11.1 Å². The van der Waals surface area contributed by atoms with E-state index in [2.05, 4.69) is 28.9 Å². The molecule has 3 aromatic carbocycles. The van der Waals surface area contributed by atoms with Gasteiger partial charge >= 0.3 is 30.6 Å². The highest BCUT2D eigenvalue weighted by atomic mass is 16.8. The zero-order valence-electron chi connectivity index (χ0n) is 24.0. The topological polar surface area (TPSA) is 204 Å². The molecule has 234 valence electrons. The highest BCUT2D eigenvalue weighted by molar-refractivity contribution is 5.92. The lowest BCUT2D eigenvalue weighted by molar-refractivity contribution is 0.0696. The van der Waals surface area contributed by atoms with Crippen molar-refractivity contribution in [3.8, 4) is 23.0 Å². The van der Waals surface area contributed by atoms with Crippen LogP contribution >= 0.6 is 0 Å². The Morgan fingerprint density at radius 1 is 0.533 bits per heavy atom. The van der Waals surface area contributed by atoms with Gasteiger partial charge in [-0.1, -0.05) is 0 Å². The van der Waals surface area contributed by atoms with E-state index in [1.54, 1.807) is 0 Å². The van der Waals surface area contributed by atoms with E-state index in [1.807, 2.05) is 0 Å². The monoisotopic (exact) mass is 624 g/mol. The van der Waals surface area contributed by atoms with Crippen molar-refractivity contribution in [3.63, 3.8) is 0 Å². The van der Waals surface area contributed by atoms with E-state index < -0.39 is 30.6 Å². The number of carbonyl (C=O) groups excluding carboxylic acids is 4. The molecule has 1 N–H and O–H groups in total. The minimum Gasteiger partial charge on any atom is -0.478 e. The molecule has 0 spiro atoms. The van der Waals surface area contributed by atoms with Crippen molar-refractivity contribution < 1.29 is 67.0 Å². The fourth-order valence-corrected chi connectivity index (χ4v) is 3.23. The quantitative estimate of drug-likeness (QED) is 0.136. The summed E-state index contributed by atoms with van der Waals surface area (Å²) >= 11 is 0. The van der Waals surface area contributed by atoms with Gasteiger partial charge in [-0.15, -0.1) is 0 Å².